The van der Waals surface area contributed by atoms with Gasteiger partial charge in [-0.05, 0) is 38.0 Å². The van der Waals surface area contributed by atoms with E-state index in [1.54, 1.807) is 7.05 Å². The van der Waals surface area contributed by atoms with E-state index in [0.717, 1.165) is 23.3 Å². The van der Waals surface area contributed by atoms with Crippen LogP contribution in [0.3, 0.4) is 0 Å². The summed E-state index contributed by atoms with van der Waals surface area (Å²) < 4.78 is 0. The lowest BCUT2D eigenvalue weighted by Crippen LogP contribution is -2.30. The number of hydrogen-bond acceptors (Lipinski definition) is 3. The van der Waals surface area contributed by atoms with Gasteiger partial charge in [0.2, 0.25) is 0 Å². The number of fused-ring (bicyclic) bond motifs is 1. The first kappa shape index (κ1) is 17.1. The third-order valence-corrected chi connectivity index (χ3v) is 4.39. The number of rotatable bonds is 4. The molecule has 0 fully saturated rings. The summed E-state index contributed by atoms with van der Waals surface area (Å²) in [4.78, 5) is 29.4. The zero-order valence-corrected chi connectivity index (χ0v) is 14.8. The largest absolute Gasteiger partial charge is 0.355 e. The maximum absolute atomic E-state index is 12.6. The molecular weight excluding hydrogens is 312 g/mol. The van der Waals surface area contributed by atoms with E-state index in [1.165, 1.54) is 0 Å². The standard InChI is InChI=1S/C21H22N2O2/c1-21(2)13-16-10-9-15(20(25)22-3)11-17(16)18(23-21)12-19(24)14-7-5-4-6-8-14/h4-11H,12-13H2,1-3H3,(H,22,25). The smallest absolute Gasteiger partial charge is 0.251 e. The Balaban J connectivity index is 1.99. The minimum absolute atomic E-state index is 0.0355. The van der Waals surface area contributed by atoms with Crippen molar-refractivity contribution < 1.29 is 9.59 Å². The average Bonchev–Trinajstić information content (AvgIpc) is 2.60. The summed E-state index contributed by atoms with van der Waals surface area (Å²) in [5.74, 6) is -0.102. The molecule has 2 aromatic rings. The Kier molecular flexibility index (Phi) is 4.53. The number of benzene rings is 2. The molecule has 0 aromatic heterocycles. The number of amides is 1. The minimum Gasteiger partial charge on any atom is -0.355 e. The number of carbonyl (C=O) groups excluding carboxylic acids is 2. The molecule has 1 aliphatic rings. The molecule has 1 amide bonds. The van der Waals surface area contributed by atoms with Crippen LogP contribution in [0.2, 0.25) is 0 Å². The van der Waals surface area contributed by atoms with Gasteiger partial charge in [-0.2, -0.15) is 0 Å². The van der Waals surface area contributed by atoms with Crippen molar-refractivity contribution in [2.75, 3.05) is 7.05 Å². The van der Waals surface area contributed by atoms with Gasteiger partial charge in [0.15, 0.2) is 5.78 Å². The second-order valence-electron chi connectivity index (χ2n) is 6.96. The molecule has 4 nitrogen and oxygen atoms in total. The van der Waals surface area contributed by atoms with Crippen molar-refractivity contribution in [3.63, 3.8) is 0 Å². The SMILES string of the molecule is CNC(=O)c1ccc2c(c1)C(CC(=O)c1ccccc1)=NC(C)(C)C2. The van der Waals surface area contributed by atoms with Gasteiger partial charge in [0.05, 0.1) is 17.7 Å². The molecule has 0 atom stereocenters. The normalized spacial score (nSPS) is 15.1. The summed E-state index contributed by atoms with van der Waals surface area (Å²) in [6.45, 7) is 4.13. The maximum atomic E-state index is 12.6. The number of ketones is 1. The van der Waals surface area contributed by atoms with Crippen LogP contribution in [-0.2, 0) is 6.42 Å². The molecule has 0 unspecified atom stereocenters. The van der Waals surface area contributed by atoms with Crippen molar-refractivity contribution in [3.8, 4) is 0 Å². The van der Waals surface area contributed by atoms with E-state index in [1.807, 2.05) is 48.5 Å². The number of Topliss-reactive ketones (excluding diaryl/α,β-unsaturated/α-hetero) is 1. The van der Waals surface area contributed by atoms with Gasteiger partial charge in [-0.25, -0.2) is 0 Å². The van der Waals surface area contributed by atoms with Crippen molar-refractivity contribution in [2.24, 2.45) is 4.99 Å². The van der Waals surface area contributed by atoms with E-state index in [-0.39, 0.29) is 23.7 Å². The van der Waals surface area contributed by atoms with Crippen molar-refractivity contribution in [2.45, 2.75) is 32.2 Å². The van der Waals surface area contributed by atoms with Crippen LogP contribution in [0.1, 0.15) is 52.1 Å². The Morgan fingerprint density at radius 2 is 1.80 bits per heavy atom. The number of carbonyl (C=O) groups is 2. The molecule has 0 saturated heterocycles. The highest BCUT2D eigenvalue weighted by Gasteiger charge is 2.28. The highest BCUT2D eigenvalue weighted by atomic mass is 16.1. The highest BCUT2D eigenvalue weighted by Crippen LogP contribution is 2.29. The quantitative estimate of drug-likeness (QED) is 0.871. The highest BCUT2D eigenvalue weighted by molar-refractivity contribution is 6.17. The van der Waals surface area contributed by atoms with Crippen molar-refractivity contribution in [3.05, 3.63) is 70.8 Å². The van der Waals surface area contributed by atoms with Crippen LogP contribution in [-0.4, -0.2) is 30.0 Å². The summed E-state index contributed by atoms with van der Waals surface area (Å²) in [6.07, 6.45) is 1.02. The van der Waals surface area contributed by atoms with Crippen molar-refractivity contribution >= 4 is 17.4 Å². The van der Waals surface area contributed by atoms with Gasteiger partial charge in [0, 0.05) is 23.7 Å². The topological polar surface area (TPSA) is 58.5 Å². The lowest BCUT2D eigenvalue weighted by Gasteiger charge is -2.29. The fraction of sp³-hybridized carbons (Fsp3) is 0.286. The molecule has 128 valence electrons. The third kappa shape index (κ3) is 3.68. The summed E-state index contributed by atoms with van der Waals surface area (Å²) >= 11 is 0. The summed E-state index contributed by atoms with van der Waals surface area (Å²) in [5.41, 5.74) is 3.80. The van der Waals surface area contributed by atoms with Crippen molar-refractivity contribution in [1.82, 2.24) is 5.32 Å². The summed E-state index contributed by atoms with van der Waals surface area (Å²) in [6, 6.07) is 14.9. The zero-order valence-electron chi connectivity index (χ0n) is 14.8. The summed E-state index contributed by atoms with van der Waals surface area (Å²) in [5, 5.41) is 2.64. The van der Waals surface area contributed by atoms with Gasteiger partial charge >= 0.3 is 0 Å². The average molecular weight is 334 g/mol. The zero-order chi connectivity index (χ0) is 18.0. The molecule has 0 bridgehead atoms. The molecule has 0 radical (unpaired) electrons. The number of hydrogen-bond donors (Lipinski definition) is 1. The Hall–Kier alpha value is -2.75. The first-order chi connectivity index (χ1) is 11.9. The molecule has 1 N–H and O–H groups in total. The Morgan fingerprint density at radius 3 is 2.48 bits per heavy atom. The van der Waals surface area contributed by atoms with E-state index >= 15 is 0 Å². The van der Waals surface area contributed by atoms with Crippen molar-refractivity contribution in [1.29, 1.82) is 0 Å². The summed E-state index contributed by atoms with van der Waals surface area (Å²) in [7, 11) is 1.61. The molecule has 2 aromatic carbocycles. The lowest BCUT2D eigenvalue weighted by molar-refractivity contribution is 0.0961. The van der Waals surface area contributed by atoms with E-state index in [4.69, 9.17) is 4.99 Å². The molecule has 0 aliphatic carbocycles. The van der Waals surface area contributed by atoms with E-state index in [2.05, 4.69) is 19.2 Å². The predicted octanol–water partition coefficient (Wildman–Crippen LogP) is 3.44. The van der Waals surface area contributed by atoms with Gasteiger partial charge in [-0.15, -0.1) is 0 Å². The van der Waals surface area contributed by atoms with E-state index in [0.29, 0.717) is 11.1 Å². The van der Waals surface area contributed by atoms with E-state index < -0.39 is 0 Å². The number of nitrogens with one attached hydrogen (secondary N) is 1. The molecule has 1 aliphatic heterocycles. The van der Waals surface area contributed by atoms with Crippen LogP contribution >= 0.6 is 0 Å². The molecule has 1 heterocycles. The first-order valence-corrected chi connectivity index (χ1v) is 8.42. The van der Waals surface area contributed by atoms with Crippen LogP contribution in [0.15, 0.2) is 53.5 Å². The third-order valence-electron chi connectivity index (χ3n) is 4.39. The molecule has 3 rings (SSSR count). The minimum atomic E-state index is -0.256. The number of nitrogens with zero attached hydrogens (tertiary/aromatic N) is 1. The van der Waals surface area contributed by atoms with Crippen LogP contribution < -0.4 is 5.32 Å². The first-order valence-electron chi connectivity index (χ1n) is 8.42. The van der Waals surface area contributed by atoms with Gasteiger partial charge in [-0.3, -0.25) is 14.6 Å². The predicted molar refractivity (Wildman–Crippen MR) is 99.5 cm³/mol. The molecule has 25 heavy (non-hydrogen) atoms. The Morgan fingerprint density at radius 1 is 1.08 bits per heavy atom. The molecule has 4 heteroatoms. The second kappa shape index (κ2) is 6.63. The van der Waals surface area contributed by atoms with Gasteiger partial charge in [-0.1, -0.05) is 36.4 Å². The molecule has 0 saturated carbocycles. The van der Waals surface area contributed by atoms with E-state index in [9.17, 15) is 9.59 Å². The van der Waals surface area contributed by atoms with Crippen LogP contribution in [0, 0.1) is 0 Å². The number of aliphatic imine (C=N–C) groups is 1. The van der Waals surface area contributed by atoms with Gasteiger partial charge < -0.3 is 5.32 Å². The second-order valence-corrected chi connectivity index (χ2v) is 6.96. The fourth-order valence-corrected chi connectivity index (χ4v) is 3.23. The monoisotopic (exact) mass is 334 g/mol. The van der Waals surface area contributed by atoms with Crippen LogP contribution in [0.25, 0.3) is 0 Å². The van der Waals surface area contributed by atoms with Crippen LogP contribution in [0.5, 0.6) is 0 Å². The lowest BCUT2D eigenvalue weighted by atomic mass is 9.84. The fourth-order valence-electron chi connectivity index (χ4n) is 3.23. The molecule has 0 spiro atoms. The van der Waals surface area contributed by atoms with Crippen LogP contribution in [0.4, 0.5) is 0 Å². The Bertz CT molecular complexity index is 851. The van der Waals surface area contributed by atoms with Gasteiger partial charge in [0.1, 0.15) is 0 Å². The maximum Gasteiger partial charge on any atom is 0.251 e. The molecular formula is C21H22N2O2. The Labute approximate surface area is 148 Å². The van der Waals surface area contributed by atoms with Gasteiger partial charge in [0.25, 0.3) is 5.91 Å².